The number of esters is 1. The molecule has 0 unspecified atom stereocenters. The molecule has 1 aromatic rings. The first-order valence-electron chi connectivity index (χ1n) is 7.57. The molecule has 1 rings (SSSR count). The first kappa shape index (κ1) is 19.1. The van der Waals surface area contributed by atoms with Crippen LogP contribution in [-0.4, -0.2) is 31.6 Å². The lowest BCUT2D eigenvalue weighted by Crippen LogP contribution is -2.33. The van der Waals surface area contributed by atoms with Crippen molar-refractivity contribution in [3.05, 3.63) is 35.9 Å². The molecule has 0 radical (unpaired) electrons. The van der Waals surface area contributed by atoms with E-state index in [1.807, 2.05) is 30.3 Å². The van der Waals surface area contributed by atoms with Crippen LogP contribution in [0.3, 0.4) is 0 Å². The van der Waals surface area contributed by atoms with Crippen molar-refractivity contribution < 1.29 is 19.2 Å². The first-order valence-corrected chi connectivity index (χ1v) is 7.57. The van der Waals surface area contributed by atoms with E-state index in [2.05, 4.69) is 15.5 Å². The number of oxime groups is 1. The summed E-state index contributed by atoms with van der Waals surface area (Å²) >= 11 is 0. The Morgan fingerprint density at radius 3 is 2.74 bits per heavy atom. The zero-order chi connectivity index (χ0) is 16.9. The van der Waals surface area contributed by atoms with Crippen LogP contribution in [0.5, 0.6) is 0 Å². The smallest absolute Gasteiger partial charge is 0.329 e. The van der Waals surface area contributed by atoms with Crippen LogP contribution in [0.25, 0.3) is 0 Å². The van der Waals surface area contributed by atoms with Crippen LogP contribution in [0.4, 0.5) is 0 Å². The van der Waals surface area contributed by atoms with Gasteiger partial charge in [-0.1, -0.05) is 35.5 Å². The van der Waals surface area contributed by atoms with Crippen LogP contribution in [0.1, 0.15) is 31.7 Å². The van der Waals surface area contributed by atoms with Crippen LogP contribution in [0.2, 0.25) is 0 Å². The number of carbonyl (C=O) groups is 1. The van der Waals surface area contributed by atoms with Gasteiger partial charge in [-0.2, -0.15) is 0 Å². The van der Waals surface area contributed by atoms with Crippen LogP contribution in [0, 0.1) is 0 Å². The molecule has 0 spiro atoms. The average Bonchev–Trinajstić information content (AvgIpc) is 2.54. The fourth-order valence-electron chi connectivity index (χ4n) is 1.83. The van der Waals surface area contributed by atoms with Crippen molar-refractivity contribution in [2.24, 2.45) is 10.9 Å². The second kappa shape index (κ2) is 11.6. The van der Waals surface area contributed by atoms with E-state index in [9.17, 15) is 4.79 Å². The van der Waals surface area contributed by atoms with E-state index >= 15 is 0 Å². The summed E-state index contributed by atoms with van der Waals surface area (Å²) in [5, 5.41) is 3.49. The predicted octanol–water partition coefficient (Wildman–Crippen LogP) is 1.73. The van der Waals surface area contributed by atoms with Crippen LogP contribution < -0.4 is 11.2 Å². The van der Waals surface area contributed by atoms with Gasteiger partial charge in [0.1, 0.15) is 13.2 Å². The summed E-state index contributed by atoms with van der Waals surface area (Å²) in [6.07, 6.45) is 2.18. The number of hydroxylamine groups is 1. The van der Waals surface area contributed by atoms with Crippen molar-refractivity contribution in [1.29, 1.82) is 0 Å². The maximum atomic E-state index is 11.6. The van der Waals surface area contributed by atoms with Gasteiger partial charge >= 0.3 is 5.97 Å². The molecule has 0 aliphatic rings. The Hall–Kier alpha value is -1.96. The number of nitrogens with zero attached hydrogens (tertiary/aromatic N) is 1. The minimum atomic E-state index is -0.665. The van der Waals surface area contributed by atoms with Gasteiger partial charge in [0.25, 0.3) is 0 Å². The highest BCUT2D eigenvalue weighted by molar-refractivity contribution is 5.89. The minimum absolute atomic E-state index is 0.143. The number of rotatable bonds is 10. The molecule has 0 saturated carbocycles. The molecule has 0 aromatic heterocycles. The second-order valence-corrected chi connectivity index (χ2v) is 4.98. The lowest BCUT2D eigenvalue weighted by Gasteiger charge is -2.10. The van der Waals surface area contributed by atoms with E-state index in [4.69, 9.17) is 15.3 Å². The van der Waals surface area contributed by atoms with Gasteiger partial charge in [0, 0.05) is 13.5 Å². The molecule has 1 atom stereocenters. The Labute approximate surface area is 136 Å². The van der Waals surface area contributed by atoms with Crippen LogP contribution >= 0.6 is 0 Å². The van der Waals surface area contributed by atoms with Crippen LogP contribution in [0.15, 0.2) is 35.5 Å². The molecule has 23 heavy (non-hydrogen) atoms. The highest BCUT2D eigenvalue weighted by atomic mass is 16.6. The molecule has 0 amide bonds. The molecule has 1 aromatic carbocycles. The Balaban J connectivity index is 2.03. The fraction of sp³-hybridized carbons (Fsp3) is 0.500. The molecule has 3 N–H and O–H groups in total. The standard InChI is InChI=1S/C16H25N3O4/c1-13(19-21-2)23-16(20)15(17)10-6-7-11-18-22-12-14-8-4-3-5-9-14/h3-5,8-9,15,18H,6-7,10-12,17H2,1-2H3/t15-/m0/s1. The summed E-state index contributed by atoms with van der Waals surface area (Å²) in [5.41, 5.74) is 9.76. The highest BCUT2D eigenvalue weighted by Gasteiger charge is 2.15. The third kappa shape index (κ3) is 8.92. The van der Waals surface area contributed by atoms with Crippen molar-refractivity contribution >= 4 is 11.9 Å². The Morgan fingerprint density at radius 1 is 1.30 bits per heavy atom. The molecule has 0 saturated heterocycles. The highest BCUT2D eigenvalue weighted by Crippen LogP contribution is 2.02. The summed E-state index contributed by atoms with van der Waals surface area (Å²) in [5.74, 6) is -0.361. The Kier molecular flexibility index (Phi) is 9.62. The van der Waals surface area contributed by atoms with E-state index in [1.54, 1.807) is 0 Å². The van der Waals surface area contributed by atoms with Gasteiger partial charge < -0.3 is 15.3 Å². The maximum absolute atomic E-state index is 11.6. The molecule has 0 bridgehead atoms. The Bertz CT molecular complexity index is 479. The summed E-state index contributed by atoms with van der Waals surface area (Å²) in [6.45, 7) is 2.74. The maximum Gasteiger partial charge on any atom is 0.329 e. The third-order valence-corrected chi connectivity index (χ3v) is 3.00. The van der Waals surface area contributed by atoms with Gasteiger partial charge in [0.05, 0.1) is 6.61 Å². The predicted molar refractivity (Wildman–Crippen MR) is 87.3 cm³/mol. The van der Waals surface area contributed by atoms with Gasteiger partial charge in [-0.3, -0.25) is 4.84 Å². The van der Waals surface area contributed by atoms with Crippen molar-refractivity contribution in [2.75, 3.05) is 13.7 Å². The lowest BCUT2D eigenvalue weighted by atomic mass is 10.1. The van der Waals surface area contributed by atoms with Crippen molar-refractivity contribution in [1.82, 2.24) is 5.48 Å². The van der Waals surface area contributed by atoms with E-state index in [-0.39, 0.29) is 5.90 Å². The number of benzene rings is 1. The molecule has 0 fully saturated rings. The number of ether oxygens (including phenoxy) is 1. The van der Waals surface area contributed by atoms with E-state index in [1.165, 1.54) is 14.0 Å². The molecule has 0 heterocycles. The van der Waals surface area contributed by atoms with Gasteiger partial charge in [-0.25, -0.2) is 10.3 Å². The van der Waals surface area contributed by atoms with Gasteiger partial charge in [0.2, 0.25) is 5.90 Å². The largest absolute Gasteiger partial charge is 0.407 e. The molecule has 7 heteroatoms. The zero-order valence-corrected chi connectivity index (χ0v) is 13.7. The molecular weight excluding hydrogens is 298 g/mol. The lowest BCUT2D eigenvalue weighted by molar-refractivity contribution is -0.137. The topological polar surface area (TPSA) is 95.2 Å². The van der Waals surface area contributed by atoms with Crippen molar-refractivity contribution in [3.8, 4) is 0 Å². The van der Waals surface area contributed by atoms with Gasteiger partial charge in [0.15, 0.2) is 0 Å². The number of nitrogens with two attached hydrogens (primary N) is 1. The summed E-state index contributed by atoms with van der Waals surface area (Å²) in [4.78, 5) is 21.5. The summed E-state index contributed by atoms with van der Waals surface area (Å²) < 4.78 is 4.92. The number of hydrogen-bond acceptors (Lipinski definition) is 7. The zero-order valence-electron chi connectivity index (χ0n) is 13.7. The molecule has 128 valence electrons. The number of unbranched alkanes of at least 4 members (excludes halogenated alkanes) is 1. The number of hydrogen-bond donors (Lipinski definition) is 2. The average molecular weight is 323 g/mol. The van der Waals surface area contributed by atoms with E-state index in [0.717, 1.165) is 18.4 Å². The number of carbonyl (C=O) groups excluding carboxylic acids is 1. The second-order valence-electron chi connectivity index (χ2n) is 4.98. The van der Waals surface area contributed by atoms with Crippen LogP contribution in [-0.2, 0) is 25.8 Å². The third-order valence-electron chi connectivity index (χ3n) is 3.00. The Morgan fingerprint density at radius 2 is 2.04 bits per heavy atom. The van der Waals surface area contributed by atoms with Crippen molar-refractivity contribution in [2.45, 2.75) is 38.8 Å². The molecule has 0 aliphatic carbocycles. The molecular formula is C16H25N3O4. The quantitative estimate of drug-likeness (QED) is 0.224. The van der Waals surface area contributed by atoms with E-state index in [0.29, 0.717) is 19.6 Å². The van der Waals surface area contributed by atoms with Gasteiger partial charge in [-0.05, 0) is 24.8 Å². The summed E-state index contributed by atoms with van der Waals surface area (Å²) in [7, 11) is 1.38. The molecule has 7 nitrogen and oxygen atoms in total. The monoisotopic (exact) mass is 323 g/mol. The minimum Gasteiger partial charge on any atom is -0.407 e. The SMILES string of the molecule is CON=C(C)OC(=O)[C@@H](N)CCCCNOCc1ccccc1. The van der Waals surface area contributed by atoms with E-state index < -0.39 is 12.0 Å². The fourth-order valence-corrected chi connectivity index (χ4v) is 1.83. The first-order chi connectivity index (χ1) is 11.1. The van der Waals surface area contributed by atoms with Crippen molar-refractivity contribution in [3.63, 3.8) is 0 Å². The van der Waals surface area contributed by atoms with Gasteiger partial charge in [-0.15, -0.1) is 0 Å². The molecule has 0 aliphatic heterocycles. The normalized spacial score (nSPS) is 12.7. The number of nitrogens with one attached hydrogen (secondary N) is 1. The summed E-state index contributed by atoms with van der Waals surface area (Å²) in [6, 6.07) is 9.24.